The van der Waals surface area contributed by atoms with E-state index in [0.717, 1.165) is 0 Å². The number of hydrogen-bond donors (Lipinski definition) is 2. The van der Waals surface area contributed by atoms with Crippen molar-refractivity contribution in [3.63, 3.8) is 0 Å². The highest BCUT2D eigenvalue weighted by molar-refractivity contribution is 5.87. The molecule has 0 saturated carbocycles. The summed E-state index contributed by atoms with van der Waals surface area (Å²) in [6.07, 6.45) is 0.402. The van der Waals surface area contributed by atoms with Crippen LogP contribution in [-0.4, -0.2) is 23.9 Å². The molecule has 0 saturated heterocycles. The molecule has 0 aromatic carbocycles. The smallest absolute Gasteiger partial charge is 0.242 e. The van der Waals surface area contributed by atoms with Crippen molar-refractivity contribution in [1.29, 1.82) is 0 Å². The lowest BCUT2D eigenvalue weighted by atomic mass is 10.2. The lowest BCUT2D eigenvalue weighted by Crippen LogP contribution is -2.46. The molecule has 4 nitrogen and oxygen atoms in total. The summed E-state index contributed by atoms with van der Waals surface area (Å²) in [5, 5.41) is 5.30. The SMILES string of the molecule is CCC(=O)NC(C)C(=O)NC(C)C. The molecule has 0 aliphatic rings. The van der Waals surface area contributed by atoms with Crippen molar-refractivity contribution in [1.82, 2.24) is 10.6 Å². The Morgan fingerprint density at radius 2 is 1.69 bits per heavy atom. The van der Waals surface area contributed by atoms with Gasteiger partial charge in [0, 0.05) is 12.5 Å². The first-order chi connectivity index (χ1) is 5.97. The highest BCUT2D eigenvalue weighted by Crippen LogP contribution is 1.86. The van der Waals surface area contributed by atoms with Crippen LogP contribution < -0.4 is 10.6 Å². The lowest BCUT2D eigenvalue weighted by molar-refractivity contribution is -0.128. The number of rotatable bonds is 4. The normalized spacial score (nSPS) is 12.4. The van der Waals surface area contributed by atoms with Gasteiger partial charge in [0.2, 0.25) is 11.8 Å². The molecule has 2 N–H and O–H groups in total. The second kappa shape index (κ2) is 5.56. The summed E-state index contributed by atoms with van der Waals surface area (Å²) in [6.45, 7) is 7.19. The van der Waals surface area contributed by atoms with Gasteiger partial charge in [0.05, 0.1) is 0 Å². The molecular weight excluding hydrogens is 168 g/mol. The largest absolute Gasteiger partial charge is 0.352 e. The Morgan fingerprint density at radius 3 is 2.08 bits per heavy atom. The fourth-order valence-electron chi connectivity index (χ4n) is 0.819. The summed E-state index contributed by atoms with van der Waals surface area (Å²) < 4.78 is 0. The second-order valence-corrected chi connectivity index (χ2v) is 3.31. The topological polar surface area (TPSA) is 58.2 Å². The van der Waals surface area contributed by atoms with E-state index in [1.807, 2.05) is 13.8 Å². The molecule has 0 aliphatic heterocycles. The Bertz CT molecular complexity index is 190. The van der Waals surface area contributed by atoms with Gasteiger partial charge in [-0.15, -0.1) is 0 Å². The van der Waals surface area contributed by atoms with Crippen LogP contribution in [-0.2, 0) is 9.59 Å². The molecule has 0 heterocycles. The van der Waals surface area contributed by atoms with Crippen molar-refractivity contribution >= 4 is 11.8 Å². The molecular formula is C9H18N2O2. The van der Waals surface area contributed by atoms with Crippen molar-refractivity contribution in [2.75, 3.05) is 0 Å². The molecule has 0 spiro atoms. The molecule has 0 aromatic heterocycles. The van der Waals surface area contributed by atoms with E-state index in [-0.39, 0.29) is 17.9 Å². The van der Waals surface area contributed by atoms with Crippen LogP contribution in [0.3, 0.4) is 0 Å². The zero-order valence-corrected chi connectivity index (χ0v) is 8.68. The first-order valence-corrected chi connectivity index (χ1v) is 4.57. The third-order valence-corrected chi connectivity index (χ3v) is 1.52. The molecule has 1 atom stereocenters. The van der Waals surface area contributed by atoms with Gasteiger partial charge in [0.1, 0.15) is 6.04 Å². The Morgan fingerprint density at radius 1 is 1.15 bits per heavy atom. The molecule has 4 heteroatoms. The van der Waals surface area contributed by atoms with E-state index in [1.54, 1.807) is 13.8 Å². The minimum absolute atomic E-state index is 0.105. The number of carbonyl (C=O) groups is 2. The van der Waals surface area contributed by atoms with E-state index >= 15 is 0 Å². The first kappa shape index (κ1) is 11.9. The van der Waals surface area contributed by atoms with Crippen LogP contribution in [0.4, 0.5) is 0 Å². The van der Waals surface area contributed by atoms with Gasteiger partial charge in [-0.3, -0.25) is 9.59 Å². The van der Waals surface area contributed by atoms with Gasteiger partial charge in [-0.25, -0.2) is 0 Å². The molecule has 1 unspecified atom stereocenters. The van der Waals surface area contributed by atoms with Crippen molar-refractivity contribution in [3.05, 3.63) is 0 Å². The summed E-state index contributed by atoms with van der Waals surface area (Å²) in [5.74, 6) is -0.247. The van der Waals surface area contributed by atoms with Crippen molar-refractivity contribution < 1.29 is 9.59 Å². The third kappa shape index (κ3) is 5.22. The van der Waals surface area contributed by atoms with Gasteiger partial charge in [0.15, 0.2) is 0 Å². The van der Waals surface area contributed by atoms with E-state index in [0.29, 0.717) is 6.42 Å². The van der Waals surface area contributed by atoms with Crippen LogP contribution in [0.15, 0.2) is 0 Å². The number of nitrogens with one attached hydrogen (secondary N) is 2. The van der Waals surface area contributed by atoms with Crippen LogP contribution in [0.1, 0.15) is 34.1 Å². The Labute approximate surface area is 79.1 Å². The van der Waals surface area contributed by atoms with E-state index in [9.17, 15) is 9.59 Å². The number of amides is 2. The summed E-state index contributed by atoms with van der Waals surface area (Å²) >= 11 is 0. The highest BCUT2D eigenvalue weighted by atomic mass is 16.2. The van der Waals surface area contributed by atoms with Gasteiger partial charge in [-0.05, 0) is 20.8 Å². The minimum atomic E-state index is -0.449. The molecule has 0 radical (unpaired) electrons. The van der Waals surface area contributed by atoms with Crippen LogP contribution in [0, 0.1) is 0 Å². The van der Waals surface area contributed by atoms with Crippen molar-refractivity contribution in [3.8, 4) is 0 Å². The molecule has 2 amide bonds. The Balaban J connectivity index is 3.89. The quantitative estimate of drug-likeness (QED) is 0.668. The first-order valence-electron chi connectivity index (χ1n) is 4.57. The van der Waals surface area contributed by atoms with Crippen molar-refractivity contribution in [2.24, 2.45) is 0 Å². The summed E-state index contributed by atoms with van der Waals surface area (Å²) in [7, 11) is 0. The maximum Gasteiger partial charge on any atom is 0.242 e. The van der Waals surface area contributed by atoms with Gasteiger partial charge in [-0.1, -0.05) is 6.92 Å². The zero-order chi connectivity index (χ0) is 10.4. The molecule has 0 fully saturated rings. The summed E-state index contributed by atoms with van der Waals surface area (Å²) in [6, 6.07) is -0.344. The van der Waals surface area contributed by atoms with Crippen LogP contribution in [0.5, 0.6) is 0 Å². The van der Waals surface area contributed by atoms with Gasteiger partial charge >= 0.3 is 0 Å². The zero-order valence-electron chi connectivity index (χ0n) is 8.68. The maximum absolute atomic E-state index is 11.3. The molecule has 76 valence electrons. The van der Waals surface area contributed by atoms with Crippen LogP contribution >= 0.6 is 0 Å². The van der Waals surface area contributed by atoms with E-state index in [1.165, 1.54) is 0 Å². The maximum atomic E-state index is 11.3. The average molecular weight is 186 g/mol. The molecule has 0 aromatic rings. The standard InChI is InChI=1S/C9H18N2O2/c1-5-8(12)11-7(4)9(13)10-6(2)3/h6-7H,5H2,1-4H3,(H,10,13)(H,11,12). The fraction of sp³-hybridized carbons (Fsp3) is 0.778. The lowest BCUT2D eigenvalue weighted by Gasteiger charge is -2.15. The number of carbonyl (C=O) groups excluding carboxylic acids is 2. The average Bonchev–Trinajstić information content (AvgIpc) is 2.02. The Hall–Kier alpha value is -1.06. The second-order valence-electron chi connectivity index (χ2n) is 3.31. The van der Waals surface area contributed by atoms with Crippen LogP contribution in [0.25, 0.3) is 0 Å². The summed E-state index contributed by atoms with van der Waals surface area (Å²) in [4.78, 5) is 22.2. The van der Waals surface area contributed by atoms with E-state index < -0.39 is 6.04 Å². The number of hydrogen-bond acceptors (Lipinski definition) is 2. The predicted octanol–water partition coefficient (Wildman–Crippen LogP) is 0.426. The highest BCUT2D eigenvalue weighted by Gasteiger charge is 2.14. The molecule has 0 aliphatic carbocycles. The molecule has 13 heavy (non-hydrogen) atoms. The molecule has 0 bridgehead atoms. The minimum Gasteiger partial charge on any atom is -0.352 e. The predicted molar refractivity (Wildman–Crippen MR) is 51.2 cm³/mol. The summed E-state index contributed by atoms with van der Waals surface area (Å²) in [5.41, 5.74) is 0. The van der Waals surface area contributed by atoms with Crippen molar-refractivity contribution in [2.45, 2.75) is 46.2 Å². The monoisotopic (exact) mass is 186 g/mol. The van der Waals surface area contributed by atoms with Gasteiger partial charge < -0.3 is 10.6 Å². The third-order valence-electron chi connectivity index (χ3n) is 1.52. The van der Waals surface area contributed by atoms with E-state index in [4.69, 9.17) is 0 Å². The molecule has 0 rings (SSSR count). The van der Waals surface area contributed by atoms with Gasteiger partial charge in [-0.2, -0.15) is 0 Å². The Kier molecular flexibility index (Phi) is 5.11. The van der Waals surface area contributed by atoms with E-state index in [2.05, 4.69) is 10.6 Å². The fourth-order valence-corrected chi connectivity index (χ4v) is 0.819. The van der Waals surface area contributed by atoms with Gasteiger partial charge in [0.25, 0.3) is 0 Å². The van der Waals surface area contributed by atoms with Crippen LogP contribution in [0.2, 0.25) is 0 Å².